The van der Waals surface area contributed by atoms with E-state index in [4.69, 9.17) is 5.73 Å². The van der Waals surface area contributed by atoms with Crippen molar-refractivity contribution >= 4 is 6.03 Å². The average molecular weight is 211 g/mol. The van der Waals surface area contributed by atoms with Crippen molar-refractivity contribution < 1.29 is 4.79 Å². The lowest BCUT2D eigenvalue weighted by Crippen LogP contribution is -2.46. The molecule has 3 N–H and O–H groups in total. The Bertz CT molecular complexity index is 254. The molecule has 3 atom stereocenters. The van der Waals surface area contributed by atoms with Gasteiger partial charge in [0.15, 0.2) is 0 Å². The van der Waals surface area contributed by atoms with Gasteiger partial charge < -0.3 is 16.0 Å². The second-order valence-electron chi connectivity index (χ2n) is 5.24. The van der Waals surface area contributed by atoms with Crippen LogP contribution in [0.2, 0.25) is 0 Å². The maximum atomic E-state index is 11.9. The third-order valence-electron chi connectivity index (χ3n) is 3.38. The quantitative estimate of drug-likeness (QED) is 0.677. The number of carbonyl (C=O) groups is 1. The Labute approximate surface area is 91.2 Å². The smallest absolute Gasteiger partial charge is 0.317 e. The molecule has 0 aromatic carbocycles. The summed E-state index contributed by atoms with van der Waals surface area (Å²) >= 11 is 0. The minimum atomic E-state index is 0.0894. The van der Waals surface area contributed by atoms with Gasteiger partial charge in [0.05, 0.1) is 0 Å². The van der Waals surface area contributed by atoms with Gasteiger partial charge in [0.2, 0.25) is 0 Å². The zero-order valence-electron chi connectivity index (χ0n) is 9.57. The van der Waals surface area contributed by atoms with Gasteiger partial charge in [-0.3, -0.25) is 0 Å². The fourth-order valence-electron chi connectivity index (χ4n) is 2.86. The summed E-state index contributed by atoms with van der Waals surface area (Å²) in [5.41, 5.74) is 5.96. The number of likely N-dealkylation sites (tertiary alicyclic amines) is 1. The molecular weight excluding hydrogens is 190 g/mol. The van der Waals surface area contributed by atoms with Crippen molar-refractivity contribution in [1.82, 2.24) is 10.2 Å². The number of fused-ring (bicyclic) bond motifs is 2. The molecule has 15 heavy (non-hydrogen) atoms. The second kappa shape index (κ2) is 4.00. The standard InChI is InChI=1S/C11H21N3O/c1-7(2)13-11(15)14-6-8-3-9(12)5-10(14)4-8/h7-10H,3-6,12H2,1-2H3,(H,13,15). The number of hydrogen-bond donors (Lipinski definition) is 2. The van der Waals surface area contributed by atoms with Crippen molar-refractivity contribution in [1.29, 1.82) is 0 Å². The van der Waals surface area contributed by atoms with E-state index in [9.17, 15) is 4.79 Å². The molecule has 4 nitrogen and oxygen atoms in total. The normalized spacial score (nSPS) is 34.7. The number of nitrogens with one attached hydrogen (secondary N) is 1. The Morgan fingerprint density at radius 2 is 2.13 bits per heavy atom. The zero-order valence-corrected chi connectivity index (χ0v) is 9.57. The topological polar surface area (TPSA) is 58.4 Å². The third-order valence-corrected chi connectivity index (χ3v) is 3.38. The zero-order chi connectivity index (χ0) is 11.0. The van der Waals surface area contributed by atoms with Gasteiger partial charge in [0.1, 0.15) is 0 Å². The molecule has 3 unspecified atom stereocenters. The van der Waals surface area contributed by atoms with Crippen molar-refractivity contribution in [2.24, 2.45) is 11.7 Å². The van der Waals surface area contributed by atoms with Crippen molar-refractivity contribution in [3.63, 3.8) is 0 Å². The van der Waals surface area contributed by atoms with E-state index in [1.807, 2.05) is 18.7 Å². The van der Waals surface area contributed by atoms with Gasteiger partial charge in [-0.25, -0.2) is 4.79 Å². The first-order chi connectivity index (χ1) is 7.06. The third kappa shape index (κ3) is 2.25. The monoisotopic (exact) mass is 211 g/mol. The van der Waals surface area contributed by atoms with Crippen molar-refractivity contribution in [2.75, 3.05) is 6.54 Å². The number of amides is 2. The highest BCUT2D eigenvalue weighted by atomic mass is 16.2. The highest BCUT2D eigenvalue weighted by Crippen LogP contribution is 2.34. The molecule has 2 fully saturated rings. The van der Waals surface area contributed by atoms with Crippen LogP contribution in [0.3, 0.4) is 0 Å². The largest absolute Gasteiger partial charge is 0.336 e. The van der Waals surface area contributed by atoms with Gasteiger partial charge >= 0.3 is 6.03 Å². The molecule has 4 heteroatoms. The summed E-state index contributed by atoms with van der Waals surface area (Å²) in [4.78, 5) is 13.9. The van der Waals surface area contributed by atoms with Crippen LogP contribution in [-0.2, 0) is 0 Å². The first-order valence-electron chi connectivity index (χ1n) is 5.89. The molecule has 86 valence electrons. The summed E-state index contributed by atoms with van der Waals surface area (Å²) in [5.74, 6) is 0.636. The van der Waals surface area contributed by atoms with E-state index in [0.29, 0.717) is 18.0 Å². The first-order valence-corrected chi connectivity index (χ1v) is 5.89. The number of nitrogens with zero attached hydrogens (tertiary/aromatic N) is 1. The van der Waals surface area contributed by atoms with Gasteiger partial charge in [-0.05, 0) is 39.0 Å². The summed E-state index contributed by atoms with van der Waals surface area (Å²) < 4.78 is 0. The minimum absolute atomic E-state index is 0.0894. The molecule has 1 aliphatic carbocycles. The Hall–Kier alpha value is -0.770. The summed E-state index contributed by atoms with van der Waals surface area (Å²) in [6.07, 6.45) is 3.21. The summed E-state index contributed by atoms with van der Waals surface area (Å²) in [7, 11) is 0. The Kier molecular flexibility index (Phi) is 2.87. The SMILES string of the molecule is CC(C)NC(=O)N1CC2CC(N)CC1C2. The van der Waals surface area contributed by atoms with Crippen molar-refractivity contribution in [3.8, 4) is 0 Å². The Morgan fingerprint density at radius 1 is 1.40 bits per heavy atom. The molecule has 0 aromatic heterocycles. The average Bonchev–Trinajstić information content (AvgIpc) is 2.40. The van der Waals surface area contributed by atoms with Gasteiger partial charge in [0.25, 0.3) is 0 Å². The van der Waals surface area contributed by atoms with Crippen molar-refractivity contribution in [3.05, 3.63) is 0 Å². The first kappa shape index (κ1) is 10.7. The predicted octanol–water partition coefficient (Wildman–Crippen LogP) is 0.916. The van der Waals surface area contributed by atoms with Crippen LogP contribution in [0.15, 0.2) is 0 Å². The molecule has 0 aromatic rings. The van der Waals surface area contributed by atoms with Gasteiger partial charge in [-0.15, -0.1) is 0 Å². The summed E-state index contributed by atoms with van der Waals surface area (Å²) in [5, 5.41) is 2.96. The number of rotatable bonds is 1. The second-order valence-corrected chi connectivity index (χ2v) is 5.24. The van der Waals surface area contributed by atoms with E-state index in [0.717, 1.165) is 25.8 Å². The van der Waals surface area contributed by atoms with Gasteiger partial charge in [0, 0.05) is 24.7 Å². The molecule has 1 saturated carbocycles. The fourth-order valence-corrected chi connectivity index (χ4v) is 2.86. The summed E-state index contributed by atoms with van der Waals surface area (Å²) in [6.45, 7) is 4.88. The highest BCUT2D eigenvalue weighted by Gasteiger charge is 2.40. The number of nitrogens with two attached hydrogens (primary N) is 1. The molecule has 2 aliphatic rings. The van der Waals surface area contributed by atoms with Crippen LogP contribution >= 0.6 is 0 Å². The highest BCUT2D eigenvalue weighted by molar-refractivity contribution is 5.75. The van der Waals surface area contributed by atoms with E-state index < -0.39 is 0 Å². The van der Waals surface area contributed by atoms with Crippen LogP contribution in [0, 0.1) is 5.92 Å². The van der Waals surface area contributed by atoms with Gasteiger partial charge in [-0.1, -0.05) is 0 Å². The molecule has 2 bridgehead atoms. The lowest BCUT2D eigenvalue weighted by Gasteiger charge is -2.28. The van der Waals surface area contributed by atoms with E-state index >= 15 is 0 Å². The summed E-state index contributed by atoms with van der Waals surface area (Å²) in [6, 6.07) is 0.987. The number of hydrogen-bond acceptors (Lipinski definition) is 2. The molecule has 1 saturated heterocycles. The molecule has 0 radical (unpaired) electrons. The van der Waals surface area contributed by atoms with Crippen LogP contribution in [0.5, 0.6) is 0 Å². The van der Waals surface area contributed by atoms with E-state index in [1.54, 1.807) is 0 Å². The molecule has 2 rings (SSSR count). The van der Waals surface area contributed by atoms with E-state index in [2.05, 4.69) is 5.32 Å². The lowest BCUT2D eigenvalue weighted by atomic mass is 9.87. The van der Waals surface area contributed by atoms with Crippen LogP contribution in [-0.4, -0.2) is 35.6 Å². The van der Waals surface area contributed by atoms with Crippen LogP contribution in [0.25, 0.3) is 0 Å². The van der Waals surface area contributed by atoms with Gasteiger partial charge in [-0.2, -0.15) is 0 Å². The number of urea groups is 1. The maximum absolute atomic E-state index is 11.9. The van der Waals surface area contributed by atoms with E-state index in [-0.39, 0.29) is 12.1 Å². The van der Waals surface area contributed by atoms with E-state index in [1.165, 1.54) is 0 Å². The van der Waals surface area contributed by atoms with Crippen LogP contribution < -0.4 is 11.1 Å². The molecule has 0 spiro atoms. The van der Waals surface area contributed by atoms with Crippen LogP contribution in [0.4, 0.5) is 4.79 Å². The molecule has 1 aliphatic heterocycles. The Morgan fingerprint density at radius 3 is 2.80 bits per heavy atom. The Balaban J connectivity index is 1.97. The fraction of sp³-hybridized carbons (Fsp3) is 0.909. The minimum Gasteiger partial charge on any atom is -0.336 e. The molecule has 1 heterocycles. The lowest BCUT2D eigenvalue weighted by molar-refractivity contribution is 0.187. The molecular formula is C11H21N3O. The number of carbonyl (C=O) groups excluding carboxylic acids is 1. The van der Waals surface area contributed by atoms with Crippen LogP contribution in [0.1, 0.15) is 33.1 Å². The maximum Gasteiger partial charge on any atom is 0.317 e. The predicted molar refractivity (Wildman–Crippen MR) is 59.5 cm³/mol. The van der Waals surface area contributed by atoms with Crippen molar-refractivity contribution in [2.45, 2.75) is 51.2 Å². The molecule has 2 amide bonds.